The van der Waals surface area contributed by atoms with E-state index in [1.165, 1.54) is 5.56 Å². The molecule has 3 rings (SSSR count). The first-order valence-electron chi connectivity index (χ1n) is 6.76. The SMILES string of the molecule is COc1cccc2c1CCN(C)C(=O)C21CC(N)C1. The molecule has 1 heterocycles. The summed E-state index contributed by atoms with van der Waals surface area (Å²) in [7, 11) is 3.57. The summed E-state index contributed by atoms with van der Waals surface area (Å²) < 4.78 is 5.47. The van der Waals surface area contributed by atoms with Crippen molar-refractivity contribution < 1.29 is 9.53 Å². The molecule has 2 aliphatic rings. The number of nitrogens with two attached hydrogens (primary N) is 1. The maximum Gasteiger partial charge on any atom is 0.233 e. The standard InChI is InChI=1S/C15H20N2O2/c1-17-7-6-11-12(4-3-5-13(11)19-2)15(14(17)18)8-10(16)9-15/h3-5,10H,6-9,16H2,1-2H3. The number of fused-ring (bicyclic) bond motifs is 2. The van der Waals surface area contributed by atoms with Crippen molar-refractivity contribution >= 4 is 5.91 Å². The Morgan fingerprint density at radius 2 is 2.16 bits per heavy atom. The van der Waals surface area contributed by atoms with E-state index >= 15 is 0 Å². The van der Waals surface area contributed by atoms with E-state index in [0.717, 1.165) is 37.1 Å². The van der Waals surface area contributed by atoms with E-state index < -0.39 is 5.41 Å². The zero-order chi connectivity index (χ0) is 13.6. The second-order valence-electron chi connectivity index (χ2n) is 5.71. The number of ether oxygens (including phenoxy) is 1. The quantitative estimate of drug-likeness (QED) is 0.821. The molecule has 0 saturated heterocycles. The lowest BCUT2D eigenvalue weighted by Gasteiger charge is -2.46. The van der Waals surface area contributed by atoms with Crippen LogP contribution in [0.15, 0.2) is 18.2 Å². The third-order valence-electron chi connectivity index (χ3n) is 4.54. The molecule has 0 aromatic heterocycles. The third-order valence-corrected chi connectivity index (χ3v) is 4.54. The number of hydrogen-bond donors (Lipinski definition) is 1. The highest BCUT2D eigenvalue weighted by Crippen LogP contribution is 2.48. The van der Waals surface area contributed by atoms with E-state index in [9.17, 15) is 4.79 Å². The third kappa shape index (κ3) is 1.66. The van der Waals surface area contributed by atoms with Gasteiger partial charge < -0.3 is 15.4 Å². The van der Waals surface area contributed by atoms with Crippen molar-refractivity contribution in [3.8, 4) is 5.75 Å². The number of benzene rings is 1. The molecule has 1 spiro atoms. The number of amides is 1. The van der Waals surface area contributed by atoms with Crippen molar-refractivity contribution in [2.24, 2.45) is 5.73 Å². The molecule has 0 radical (unpaired) electrons. The Morgan fingerprint density at radius 3 is 2.79 bits per heavy atom. The van der Waals surface area contributed by atoms with Crippen LogP contribution in [0, 0.1) is 0 Å². The number of rotatable bonds is 1. The lowest BCUT2D eigenvalue weighted by molar-refractivity contribution is -0.139. The van der Waals surface area contributed by atoms with Gasteiger partial charge in [0.25, 0.3) is 0 Å². The van der Waals surface area contributed by atoms with Gasteiger partial charge >= 0.3 is 0 Å². The molecular weight excluding hydrogens is 240 g/mol. The molecule has 4 heteroatoms. The Hall–Kier alpha value is -1.55. The Bertz CT molecular complexity index is 521. The second-order valence-corrected chi connectivity index (χ2v) is 5.71. The zero-order valence-electron chi connectivity index (χ0n) is 11.5. The molecule has 4 nitrogen and oxygen atoms in total. The molecule has 102 valence electrons. The summed E-state index contributed by atoms with van der Waals surface area (Å²) in [6.45, 7) is 0.739. The molecular formula is C15H20N2O2. The zero-order valence-corrected chi connectivity index (χ0v) is 11.5. The lowest BCUT2D eigenvalue weighted by Crippen LogP contribution is -2.57. The molecule has 0 bridgehead atoms. The van der Waals surface area contributed by atoms with Crippen LogP contribution in [-0.4, -0.2) is 37.6 Å². The van der Waals surface area contributed by atoms with Crippen LogP contribution in [0.3, 0.4) is 0 Å². The summed E-state index contributed by atoms with van der Waals surface area (Å²) in [6, 6.07) is 6.15. The summed E-state index contributed by atoms with van der Waals surface area (Å²) >= 11 is 0. The summed E-state index contributed by atoms with van der Waals surface area (Å²) in [5.41, 5.74) is 7.86. The fraction of sp³-hybridized carbons (Fsp3) is 0.533. The van der Waals surface area contributed by atoms with Crippen LogP contribution in [0.1, 0.15) is 24.0 Å². The normalized spacial score (nSPS) is 29.7. The minimum Gasteiger partial charge on any atom is -0.496 e. The van der Waals surface area contributed by atoms with E-state index in [1.807, 2.05) is 24.1 Å². The molecule has 0 atom stereocenters. The Morgan fingerprint density at radius 1 is 1.42 bits per heavy atom. The fourth-order valence-electron chi connectivity index (χ4n) is 3.55. The van der Waals surface area contributed by atoms with E-state index in [0.29, 0.717) is 0 Å². The van der Waals surface area contributed by atoms with Gasteiger partial charge in [-0.2, -0.15) is 0 Å². The Labute approximate surface area is 113 Å². The van der Waals surface area contributed by atoms with Crippen LogP contribution >= 0.6 is 0 Å². The van der Waals surface area contributed by atoms with Crippen LogP contribution in [0.25, 0.3) is 0 Å². The predicted molar refractivity (Wildman–Crippen MR) is 73.2 cm³/mol. The number of hydrogen-bond acceptors (Lipinski definition) is 3. The summed E-state index contributed by atoms with van der Waals surface area (Å²) in [6.07, 6.45) is 2.34. The average molecular weight is 260 g/mol. The van der Waals surface area contributed by atoms with Crippen molar-refractivity contribution in [2.75, 3.05) is 20.7 Å². The van der Waals surface area contributed by atoms with Crippen molar-refractivity contribution in [2.45, 2.75) is 30.7 Å². The first kappa shape index (κ1) is 12.5. The van der Waals surface area contributed by atoms with Gasteiger partial charge in [-0.1, -0.05) is 12.1 Å². The van der Waals surface area contributed by atoms with Gasteiger partial charge in [-0.25, -0.2) is 0 Å². The highest BCUT2D eigenvalue weighted by Gasteiger charge is 2.53. The molecule has 2 N–H and O–H groups in total. The van der Waals surface area contributed by atoms with E-state index in [4.69, 9.17) is 10.5 Å². The topological polar surface area (TPSA) is 55.6 Å². The van der Waals surface area contributed by atoms with E-state index in [1.54, 1.807) is 7.11 Å². The molecule has 1 fully saturated rings. The largest absolute Gasteiger partial charge is 0.496 e. The van der Waals surface area contributed by atoms with E-state index in [2.05, 4.69) is 6.07 Å². The molecule has 1 amide bonds. The maximum atomic E-state index is 12.7. The predicted octanol–water partition coefficient (Wildman–Crippen LogP) is 1.07. The van der Waals surface area contributed by atoms with Crippen LogP contribution < -0.4 is 10.5 Å². The number of nitrogens with zero attached hydrogens (tertiary/aromatic N) is 1. The molecule has 1 aliphatic carbocycles. The van der Waals surface area contributed by atoms with Gasteiger partial charge in [0.05, 0.1) is 12.5 Å². The maximum absolute atomic E-state index is 12.7. The van der Waals surface area contributed by atoms with Crippen LogP contribution in [0.5, 0.6) is 5.75 Å². The number of carbonyl (C=O) groups excluding carboxylic acids is 1. The number of likely N-dealkylation sites (N-methyl/N-ethyl adjacent to an activating group) is 1. The lowest BCUT2D eigenvalue weighted by atomic mass is 9.60. The fourth-order valence-corrected chi connectivity index (χ4v) is 3.55. The second kappa shape index (κ2) is 4.23. The van der Waals surface area contributed by atoms with Gasteiger partial charge in [0.15, 0.2) is 0 Å². The van der Waals surface area contributed by atoms with Crippen LogP contribution in [0.2, 0.25) is 0 Å². The Balaban J connectivity index is 2.16. The smallest absolute Gasteiger partial charge is 0.233 e. The molecule has 19 heavy (non-hydrogen) atoms. The summed E-state index contributed by atoms with van der Waals surface area (Å²) in [4.78, 5) is 14.5. The van der Waals surface area contributed by atoms with Crippen molar-refractivity contribution in [3.05, 3.63) is 29.3 Å². The monoisotopic (exact) mass is 260 g/mol. The average Bonchev–Trinajstić information content (AvgIpc) is 2.49. The van der Waals surface area contributed by atoms with Gasteiger partial charge in [-0.3, -0.25) is 4.79 Å². The van der Waals surface area contributed by atoms with Gasteiger partial charge in [0.2, 0.25) is 5.91 Å². The molecule has 1 saturated carbocycles. The molecule has 1 aromatic rings. The summed E-state index contributed by atoms with van der Waals surface area (Å²) in [5.74, 6) is 1.10. The summed E-state index contributed by atoms with van der Waals surface area (Å²) in [5, 5.41) is 0. The Kier molecular flexibility index (Phi) is 2.78. The highest BCUT2D eigenvalue weighted by atomic mass is 16.5. The van der Waals surface area contributed by atoms with Crippen LogP contribution in [0.4, 0.5) is 0 Å². The van der Waals surface area contributed by atoms with E-state index in [-0.39, 0.29) is 11.9 Å². The minimum atomic E-state index is -0.408. The minimum absolute atomic E-state index is 0.134. The molecule has 0 unspecified atom stereocenters. The van der Waals surface area contributed by atoms with Crippen molar-refractivity contribution in [3.63, 3.8) is 0 Å². The van der Waals surface area contributed by atoms with Gasteiger partial charge in [-0.15, -0.1) is 0 Å². The van der Waals surface area contributed by atoms with Crippen molar-refractivity contribution in [1.82, 2.24) is 4.90 Å². The van der Waals surface area contributed by atoms with Gasteiger partial charge in [-0.05, 0) is 30.9 Å². The first-order chi connectivity index (χ1) is 9.08. The number of methoxy groups -OCH3 is 1. The van der Waals surface area contributed by atoms with Gasteiger partial charge in [0.1, 0.15) is 5.75 Å². The molecule has 1 aliphatic heterocycles. The first-order valence-corrected chi connectivity index (χ1v) is 6.76. The van der Waals surface area contributed by atoms with Gasteiger partial charge in [0, 0.05) is 25.2 Å². The highest BCUT2D eigenvalue weighted by molar-refractivity contribution is 5.91. The van der Waals surface area contributed by atoms with Crippen LogP contribution in [-0.2, 0) is 16.6 Å². The van der Waals surface area contributed by atoms with Crippen molar-refractivity contribution in [1.29, 1.82) is 0 Å². The number of carbonyl (C=O) groups is 1. The molecule has 1 aromatic carbocycles.